The largest absolute Gasteiger partial charge is 0.381 e. The van der Waals surface area contributed by atoms with Crippen LogP contribution in [0.2, 0.25) is 0 Å². The first-order valence-corrected chi connectivity index (χ1v) is 9.36. The minimum absolute atomic E-state index is 0.0879. The van der Waals surface area contributed by atoms with Gasteiger partial charge in [-0.15, -0.1) is 0 Å². The van der Waals surface area contributed by atoms with Gasteiger partial charge in [0, 0.05) is 50.4 Å². The Morgan fingerprint density at radius 2 is 1.85 bits per heavy atom. The van der Waals surface area contributed by atoms with Gasteiger partial charge in [-0.3, -0.25) is 9.69 Å². The lowest BCUT2D eigenvalue weighted by Gasteiger charge is -2.26. The van der Waals surface area contributed by atoms with Gasteiger partial charge in [0.1, 0.15) is 5.82 Å². The van der Waals surface area contributed by atoms with E-state index in [2.05, 4.69) is 22.0 Å². The molecule has 0 atom stereocenters. The van der Waals surface area contributed by atoms with E-state index in [0.717, 1.165) is 70.2 Å². The van der Waals surface area contributed by atoms with Crippen LogP contribution in [0.25, 0.3) is 11.4 Å². The standard InChI is InChI=1S/C20H25N3O3/c24-19-13-18(16-4-8-25-9-5-16)21-20(22-19)17-3-1-2-15(12-17)14-23-6-10-26-11-7-23/h1-3,12-13,16H,4-11,14H2,(H,21,22,24). The van der Waals surface area contributed by atoms with Crippen molar-refractivity contribution in [2.45, 2.75) is 25.3 Å². The summed E-state index contributed by atoms with van der Waals surface area (Å²) in [7, 11) is 0. The Labute approximate surface area is 153 Å². The van der Waals surface area contributed by atoms with Crippen molar-refractivity contribution in [2.75, 3.05) is 39.5 Å². The summed E-state index contributed by atoms with van der Waals surface area (Å²) in [6.45, 7) is 5.87. The molecule has 0 saturated carbocycles. The van der Waals surface area contributed by atoms with E-state index in [-0.39, 0.29) is 5.56 Å². The van der Waals surface area contributed by atoms with Gasteiger partial charge in [0.25, 0.3) is 5.56 Å². The number of H-pyrrole nitrogens is 1. The molecule has 0 amide bonds. The molecule has 1 aromatic heterocycles. The van der Waals surface area contributed by atoms with Crippen molar-refractivity contribution in [1.29, 1.82) is 0 Å². The topological polar surface area (TPSA) is 67.4 Å². The molecule has 0 aliphatic carbocycles. The van der Waals surface area contributed by atoms with Crippen LogP contribution in [0, 0.1) is 0 Å². The van der Waals surface area contributed by atoms with E-state index in [1.54, 1.807) is 6.07 Å². The fraction of sp³-hybridized carbons (Fsp3) is 0.500. The SMILES string of the molecule is O=c1cc(C2CCOCC2)nc(-c2cccc(CN3CCOCC3)c2)[nH]1. The monoisotopic (exact) mass is 355 g/mol. The maximum absolute atomic E-state index is 12.2. The smallest absolute Gasteiger partial charge is 0.251 e. The summed E-state index contributed by atoms with van der Waals surface area (Å²) < 4.78 is 10.8. The number of ether oxygens (including phenoxy) is 2. The molecule has 6 nitrogen and oxygen atoms in total. The Morgan fingerprint density at radius 3 is 2.65 bits per heavy atom. The Hall–Kier alpha value is -2.02. The number of aromatic nitrogens is 2. The van der Waals surface area contributed by atoms with E-state index in [0.29, 0.717) is 11.7 Å². The van der Waals surface area contributed by atoms with Crippen molar-refractivity contribution in [3.63, 3.8) is 0 Å². The van der Waals surface area contributed by atoms with E-state index in [1.165, 1.54) is 5.56 Å². The number of hydrogen-bond acceptors (Lipinski definition) is 5. The van der Waals surface area contributed by atoms with Crippen LogP contribution in [-0.2, 0) is 16.0 Å². The minimum Gasteiger partial charge on any atom is -0.381 e. The zero-order valence-corrected chi connectivity index (χ0v) is 14.9. The molecule has 2 aliphatic heterocycles. The molecule has 6 heteroatoms. The number of nitrogens with zero attached hydrogens (tertiary/aromatic N) is 2. The van der Waals surface area contributed by atoms with Gasteiger partial charge in [-0.25, -0.2) is 4.98 Å². The van der Waals surface area contributed by atoms with Gasteiger partial charge in [-0.2, -0.15) is 0 Å². The lowest BCUT2D eigenvalue weighted by Crippen LogP contribution is -2.35. The number of nitrogens with one attached hydrogen (secondary N) is 1. The Balaban J connectivity index is 1.57. The lowest BCUT2D eigenvalue weighted by molar-refractivity contribution is 0.0342. The van der Waals surface area contributed by atoms with Crippen LogP contribution in [0.4, 0.5) is 0 Å². The Morgan fingerprint density at radius 1 is 1.08 bits per heavy atom. The molecule has 0 bridgehead atoms. The molecule has 0 radical (unpaired) electrons. The number of aromatic amines is 1. The highest BCUT2D eigenvalue weighted by Gasteiger charge is 2.19. The zero-order chi connectivity index (χ0) is 17.8. The summed E-state index contributed by atoms with van der Waals surface area (Å²) in [4.78, 5) is 22.2. The molecule has 1 N–H and O–H groups in total. The summed E-state index contributed by atoms with van der Waals surface area (Å²) in [5.41, 5.74) is 2.98. The van der Waals surface area contributed by atoms with Gasteiger partial charge in [0.05, 0.1) is 18.9 Å². The number of benzene rings is 1. The number of rotatable bonds is 4. The van der Waals surface area contributed by atoms with Crippen LogP contribution in [-0.4, -0.2) is 54.4 Å². The second-order valence-electron chi connectivity index (χ2n) is 6.99. The fourth-order valence-electron chi connectivity index (χ4n) is 3.65. The van der Waals surface area contributed by atoms with E-state index in [4.69, 9.17) is 14.5 Å². The summed E-state index contributed by atoms with van der Waals surface area (Å²) >= 11 is 0. The van der Waals surface area contributed by atoms with Crippen LogP contribution in [0.15, 0.2) is 35.1 Å². The molecular formula is C20H25N3O3. The van der Waals surface area contributed by atoms with Gasteiger partial charge in [-0.05, 0) is 24.5 Å². The van der Waals surface area contributed by atoms with Gasteiger partial charge >= 0.3 is 0 Å². The molecule has 2 aromatic rings. The molecular weight excluding hydrogens is 330 g/mol. The van der Waals surface area contributed by atoms with Crippen molar-refractivity contribution < 1.29 is 9.47 Å². The van der Waals surface area contributed by atoms with Crippen LogP contribution >= 0.6 is 0 Å². The van der Waals surface area contributed by atoms with Crippen molar-refractivity contribution >= 4 is 0 Å². The number of hydrogen-bond donors (Lipinski definition) is 1. The van der Waals surface area contributed by atoms with E-state index in [9.17, 15) is 4.79 Å². The molecule has 2 fully saturated rings. The molecule has 4 rings (SSSR count). The zero-order valence-electron chi connectivity index (χ0n) is 14.9. The van der Waals surface area contributed by atoms with Gasteiger partial charge in [0.2, 0.25) is 0 Å². The molecule has 0 spiro atoms. The molecule has 138 valence electrons. The Kier molecular flexibility index (Phi) is 5.43. The summed E-state index contributed by atoms with van der Waals surface area (Å²) in [5.74, 6) is 0.962. The summed E-state index contributed by atoms with van der Waals surface area (Å²) in [6.07, 6.45) is 1.85. The molecule has 26 heavy (non-hydrogen) atoms. The van der Waals surface area contributed by atoms with Crippen molar-refractivity contribution in [2.24, 2.45) is 0 Å². The maximum atomic E-state index is 12.2. The summed E-state index contributed by atoms with van der Waals surface area (Å²) in [6, 6.07) is 9.93. The molecule has 1 aromatic carbocycles. The first-order chi connectivity index (χ1) is 12.8. The third kappa shape index (κ3) is 4.20. The van der Waals surface area contributed by atoms with E-state index in [1.807, 2.05) is 12.1 Å². The van der Waals surface area contributed by atoms with Gasteiger partial charge < -0.3 is 14.5 Å². The van der Waals surface area contributed by atoms with Gasteiger partial charge in [-0.1, -0.05) is 18.2 Å². The summed E-state index contributed by atoms with van der Waals surface area (Å²) in [5, 5.41) is 0. The van der Waals surface area contributed by atoms with Crippen LogP contribution in [0.5, 0.6) is 0 Å². The van der Waals surface area contributed by atoms with Gasteiger partial charge in [0.15, 0.2) is 0 Å². The van der Waals surface area contributed by atoms with Crippen LogP contribution < -0.4 is 5.56 Å². The predicted molar refractivity (Wildman–Crippen MR) is 99.2 cm³/mol. The quantitative estimate of drug-likeness (QED) is 0.910. The first kappa shape index (κ1) is 17.4. The molecule has 2 saturated heterocycles. The second kappa shape index (κ2) is 8.12. The van der Waals surface area contributed by atoms with E-state index < -0.39 is 0 Å². The van der Waals surface area contributed by atoms with Crippen molar-refractivity contribution in [3.8, 4) is 11.4 Å². The highest BCUT2D eigenvalue weighted by Crippen LogP contribution is 2.26. The predicted octanol–water partition coefficient (Wildman–Crippen LogP) is 2.16. The maximum Gasteiger partial charge on any atom is 0.251 e. The van der Waals surface area contributed by atoms with Crippen molar-refractivity contribution in [1.82, 2.24) is 14.9 Å². The molecule has 0 unspecified atom stereocenters. The normalized spacial score (nSPS) is 19.5. The third-order valence-corrected chi connectivity index (χ3v) is 5.11. The highest BCUT2D eigenvalue weighted by molar-refractivity contribution is 5.56. The van der Waals surface area contributed by atoms with Crippen LogP contribution in [0.3, 0.4) is 0 Å². The minimum atomic E-state index is -0.0879. The molecule has 2 aliphatic rings. The second-order valence-corrected chi connectivity index (χ2v) is 6.99. The average molecular weight is 355 g/mol. The average Bonchev–Trinajstić information content (AvgIpc) is 2.69. The lowest BCUT2D eigenvalue weighted by atomic mass is 9.96. The van der Waals surface area contributed by atoms with E-state index >= 15 is 0 Å². The highest BCUT2D eigenvalue weighted by atomic mass is 16.5. The molecule has 3 heterocycles. The van der Waals surface area contributed by atoms with Crippen molar-refractivity contribution in [3.05, 3.63) is 51.9 Å². The third-order valence-electron chi connectivity index (χ3n) is 5.11. The Bertz CT molecular complexity index is 793. The van der Waals surface area contributed by atoms with Crippen LogP contribution in [0.1, 0.15) is 30.0 Å². The first-order valence-electron chi connectivity index (χ1n) is 9.36. The number of morpholine rings is 1. The fourth-order valence-corrected chi connectivity index (χ4v) is 3.65.